The Bertz CT molecular complexity index is 581. The van der Waals surface area contributed by atoms with Crippen molar-refractivity contribution in [3.8, 4) is 5.75 Å². The maximum atomic E-state index is 12.4. The van der Waals surface area contributed by atoms with Crippen LogP contribution in [0.4, 0.5) is 5.69 Å². The summed E-state index contributed by atoms with van der Waals surface area (Å²) in [5.41, 5.74) is 1.12. The third kappa shape index (κ3) is 2.85. The van der Waals surface area contributed by atoms with E-state index in [4.69, 9.17) is 4.74 Å². The Morgan fingerprint density at radius 1 is 1.48 bits per heavy atom. The molecular formula is C15H18N2O4. The number of fused-ring (bicyclic) bond motifs is 1. The highest BCUT2D eigenvalue weighted by Gasteiger charge is 2.29. The molecule has 2 N–H and O–H groups in total. The van der Waals surface area contributed by atoms with Gasteiger partial charge in [-0.2, -0.15) is 0 Å². The van der Waals surface area contributed by atoms with Gasteiger partial charge in [-0.05, 0) is 37.0 Å². The highest BCUT2D eigenvalue weighted by Crippen LogP contribution is 2.30. The summed E-state index contributed by atoms with van der Waals surface area (Å²) in [5, 5.41) is 12.0. The van der Waals surface area contributed by atoms with Gasteiger partial charge in [-0.1, -0.05) is 0 Å². The fraction of sp³-hybridized carbons (Fsp3) is 0.467. The van der Waals surface area contributed by atoms with Crippen LogP contribution in [0.2, 0.25) is 0 Å². The summed E-state index contributed by atoms with van der Waals surface area (Å²) >= 11 is 0. The Hall–Kier alpha value is -2.08. The molecule has 0 aromatic heterocycles. The molecule has 1 aromatic rings. The quantitative estimate of drug-likeness (QED) is 0.865. The number of carbonyl (C=O) groups is 2. The first-order valence-electron chi connectivity index (χ1n) is 7.03. The average Bonchev–Trinajstić information content (AvgIpc) is 2.44. The Balaban J connectivity index is 1.68. The van der Waals surface area contributed by atoms with Crippen LogP contribution in [0.3, 0.4) is 0 Å². The molecule has 6 heteroatoms. The lowest BCUT2D eigenvalue weighted by Gasteiger charge is -2.34. The molecule has 2 amide bonds. The number of amides is 2. The molecule has 0 atom stereocenters. The van der Waals surface area contributed by atoms with Gasteiger partial charge in [0.25, 0.3) is 11.8 Å². The number of nitrogens with one attached hydrogen (secondary N) is 1. The number of aliphatic hydroxyl groups excluding tert-OH is 1. The second-order valence-electron chi connectivity index (χ2n) is 5.72. The fourth-order valence-electron chi connectivity index (χ4n) is 2.75. The maximum Gasteiger partial charge on any atom is 0.262 e. The minimum Gasteiger partial charge on any atom is -0.482 e. The summed E-state index contributed by atoms with van der Waals surface area (Å²) in [6, 6.07) is 5.02. The van der Waals surface area contributed by atoms with Gasteiger partial charge in [0.2, 0.25) is 0 Å². The lowest BCUT2D eigenvalue weighted by molar-refractivity contribution is -0.118. The van der Waals surface area contributed by atoms with E-state index in [1.165, 1.54) is 0 Å². The summed E-state index contributed by atoms with van der Waals surface area (Å²) in [4.78, 5) is 25.2. The van der Waals surface area contributed by atoms with E-state index in [2.05, 4.69) is 5.32 Å². The van der Waals surface area contributed by atoms with Crippen LogP contribution in [-0.2, 0) is 4.79 Å². The van der Waals surface area contributed by atoms with E-state index in [1.54, 1.807) is 30.1 Å². The first-order valence-corrected chi connectivity index (χ1v) is 7.03. The number of carbonyl (C=O) groups excluding carboxylic acids is 2. The van der Waals surface area contributed by atoms with Gasteiger partial charge in [0.1, 0.15) is 5.75 Å². The van der Waals surface area contributed by atoms with Crippen LogP contribution in [0.5, 0.6) is 5.75 Å². The molecule has 1 saturated carbocycles. The van der Waals surface area contributed by atoms with Gasteiger partial charge in [0.05, 0.1) is 11.8 Å². The fourth-order valence-corrected chi connectivity index (χ4v) is 2.75. The molecule has 1 heterocycles. The van der Waals surface area contributed by atoms with Crippen molar-refractivity contribution < 1.29 is 19.4 Å². The number of benzene rings is 1. The minimum atomic E-state index is -0.209. The van der Waals surface area contributed by atoms with Crippen LogP contribution in [0.1, 0.15) is 23.2 Å². The summed E-state index contributed by atoms with van der Waals surface area (Å²) in [6.07, 6.45) is 1.31. The van der Waals surface area contributed by atoms with Crippen molar-refractivity contribution in [1.29, 1.82) is 0 Å². The summed E-state index contributed by atoms with van der Waals surface area (Å²) < 4.78 is 5.32. The van der Waals surface area contributed by atoms with Gasteiger partial charge >= 0.3 is 0 Å². The van der Waals surface area contributed by atoms with Crippen LogP contribution >= 0.6 is 0 Å². The van der Waals surface area contributed by atoms with Crippen molar-refractivity contribution >= 4 is 17.5 Å². The van der Waals surface area contributed by atoms with Crippen molar-refractivity contribution in [2.24, 2.45) is 5.92 Å². The van der Waals surface area contributed by atoms with Crippen LogP contribution in [0.25, 0.3) is 0 Å². The molecule has 0 bridgehead atoms. The number of hydrogen-bond donors (Lipinski definition) is 2. The third-order valence-corrected chi connectivity index (χ3v) is 3.95. The van der Waals surface area contributed by atoms with Gasteiger partial charge in [-0.25, -0.2) is 0 Å². The molecule has 1 fully saturated rings. The second kappa shape index (κ2) is 5.37. The first-order chi connectivity index (χ1) is 10.0. The molecule has 1 aromatic carbocycles. The van der Waals surface area contributed by atoms with E-state index in [1.807, 2.05) is 0 Å². The Morgan fingerprint density at radius 3 is 2.95 bits per heavy atom. The Morgan fingerprint density at radius 2 is 2.24 bits per heavy atom. The molecule has 112 valence electrons. The van der Waals surface area contributed by atoms with E-state index < -0.39 is 0 Å². The molecule has 21 heavy (non-hydrogen) atoms. The average molecular weight is 290 g/mol. The standard InChI is InChI=1S/C15H18N2O4/c1-17(7-9-4-11(18)5-9)15(20)10-2-3-12-13(6-10)21-8-14(19)16-12/h2-3,6,9,11,18H,4-5,7-8H2,1H3,(H,16,19). The molecule has 0 saturated heterocycles. The van der Waals surface area contributed by atoms with Crippen molar-refractivity contribution in [2.45, 2.75) is 18.9 Å². The molecule has 0 unspecified atom stereocenters. The predicted molar refractivity (Wildman–Crippen MR) is 76.3 cm³/mol. The SMILES string of the molecule is CN(CC1CC(O)C1)C(=O)c1ccc2c(c1)OCC(=O)N2. The van der Waals surface area contributed by atoms with E-state index in [0.717, 1.165) is 12.8 Å². The molecule has 3 rings (SSSR count). The van der Waals surface area contributed by atoms with Gasteiger partial charge < -0.3 is 20.1 Å². The highest BCUT2D eigenvalue weighted by atomic mass is 16.5. The largest absolute Gasteiger partial charge is 0.482 e. The number of aliphatic hydroxyl groups is 1. The molecule has 0 radical (unpaired) electrons. The van der Waals surface area contributed by atoms with Crippen LogP contribution in [-0.4, -0.2) is 48.1 Å². The zero-order chi connectivity index (χ0) is 15.0. The summed E-state index contributed by atoms with van der Waals surface area (Å²) in [5.74, 6) is 0.622. The molecule has 2 aliphatic rings. The first kappa shape index (κ1) is 13.9. The molecule has 0 spiro atoms. The summed E-state index contributed by atoms with van der Waals surface area (Å²) in [6.45, 7) is 0.616. The highest BCUT2D eigenvalue weighted by molar-refractivity contribution is 5.98. The number of ether oxygens (including phenoxy) is 1. The third-order valence-electron chi connectivity index (χ3n) is 3.95. The van der Waals surface area contributed by atoms with E-state index in [0.29, 0.717) is 29.5 Å². The summed E-state index contributed by atoms with van der Waals surface area (Å²) in [7, 11) is 1.76. The normalized spacial score (nSPS) is 23.4. The van der Waals surface area contributed by atoms with E-state index >= 15 is 0 Å². The van der Waals surface area contributed by atoms with Crippen molar-refractivity contribution in [1.82, 2.24) is 4.90 Å². The second-order valence-corrected chi connectivity index (χ2v) is 5.72. The Kier molecular flexibility index (Phi) is 3.55. The molecule has 1 aliphatic carbocycles. The Labute approximate surface area is 122 Å². The van der Waals surface area contributed by atoms with Gasteiger partial charge in [0.15, 0.2) is 6.61 Å². The van der Waals surface area contributed by atoms with Crippen LogP contribution < -0.4 is 10.1 Å². The monoisotopic (exact) mass is 290 g/mol. The lowest BCUT2D eigenvalue weighted by atomic mass is 9.82. The number of hydrogen-bond acceptors (Lipinski definition) is 4. The number of anilines is 1. The molecule has 6 nitrogen and oxygen atoms in total. The number of nitrogens with zero attached hydrogens (tertiary/aromatic N) is 1. The van der Waals surface area contributed by atoms with E-state index in [-0.39, 0.29) is 24.5 Å². The van der Waals surface area contributed by atoms with Crippen molar-refractivity contribution in [3.05, 3.63) is 23.8 Å². The topological polar surface area (TPSA) is 78.9 Å². The van der Waals surface area contributed by atoms with Crippen molar-refractivity contribution in [2.75, 3.05) is 25.5 Å². The lowest BCUT2D eigenvalue weighted by Crippen LogP contribution is -2.39. The van der Waals surface area contributed by atoms with E-state index in [9.17, 15) is 14.7 Å². The molecular weight excluding hydrogens is 272 g/mol. The molecule has 1 aliphatic heterocycles. The zero-order valence-corrected chi connectivity index (χ0v) is 11.8. The number of rotatable bonds is 3. The van der Waals surface area contributed by atoms with Gasteiger partial charge in [-0.15, -0.1) is 0 Å². The minimum absolute atomic E-state index is 0.0273. The maximum absolute atomic E-state index is 12.4. The van der Waals surface area contributed by atoms with Crippen LogP contribution in [0, 0.1) is 5.92 Å². The van der Waals surface area contributed by atoms with Gasteiger partial charge in [-0.3, -0.25) is 9.59 Å². The smallest absolute Gasteiger partial charge is 0.262 e. The zero-order valence-electron chi connectivity index (χ0n) is 11.8. The van der Waals surface area contributed by atoms with Crippen LogP contribution in [0.15, 0.2) is 18.2 Å². The van der Waals surface area contributed by atoms with Crippen molar-refractivity contribution in [3.63, 3.8) is 0 Å². The van der Waals surface area contributed by atoms with Gasteiger partial charge in [0, 0.05) is 19.2 Å². The predicted octanol–water partition coefficient (Wildman–Crippen LogP) is 0.860.